The summed E-state index contributed by atoms with van der Waals surface area (Å²) >= 11 is 4.98. The fourth-order valence-corrected chi connectivity index (χ4v) is 3.77. The van der Waals surface area contributed by atoms with Gasteiger partial charge < -0.3 is 19.0 Å². The van der Waals surface area contributed by atoms with E-state index in [2.05, 4.69) is 0 Å². The monoisotopic (exact) mass is 352 g/mol. The second-order valence-electron chi connectivity index (χ2n) is 5.46. The normalized spacial score (nSPS) is 14.0. The van der Waals surface area contributed by atoms with Crippen LogP contribution in [-0.4, -0.2) is 16.1 Å². The molecule has 2 aromatic carbocycles. The van der Waals surface area contributed by atoms with Crippen molar-refractivity contribution in [2.75, 3.05) is 0 Å². The number of rotatable bonds is 7. The van der Waals surface area contributed by atoms with Crippen LogP contribution in [0.15, 0.2) is 48.5 Å². The van der Waals surface area contributed by atoms with Gasteiger partial charge in [-0.15, -0.1) is 0 Å². The molecule has 0 amide bonds. The summed E-state index contributed by atoms with van der Waals surface area (Å²) in [6.07, 6.45) is -0.200. The highest BCUT2D eigenvalue weighted by Crippen LogP contribution is 2.45. The molecule has 2 aromatic rings. The topological polar surface area (TPSA) is 58.9 Å². The van der Waals surface area contributed by atoms with Gasteiger partial charge in [-0.05, 0) is 60.0 Å². The maximum Gasteiger partial charge on any atom is 0.325 e. The molecule has 0 aliphatic carbocycles. The molecule has 0 aromatic heterocycles. The van der Waals surface area contributed by atoms with Crippen LogP contribution in [0.4, 0.5) is 0 Å². The lowest BCUT2D eigenvalue weighted by Crippen LogP contribution is -2.03. The van der Waals surface area contributed by atoms with Gasteiger partial charge in [-0.2, -0.15) is 0 Å². The first-order valence-corrected chi connectivity index (χ1v) is 9.93. The molecule has 0 aliphatic rings. The summed E-state index contributed by atoms with van der Waals surface area (Å²) in [6.45, 7) is 0.398. The molecule has 23 heavy (non-hydrogen) atoms. The first-order chi connectivity index (χ1) is 10.9. The molecule has 2 N–H and O–H groups in total. The van der Waals surface area contributed by atoms with Crippen LogP contribution in [0.5, 0.6) is 0 Å². The van der Waals surface area contributed by atoms with Crippen LogP contribution in [0.2, 0.25) is 0 Å². The van der Waals surface area contributed by atoms with Crippen LogP contribution >= 0.6 is 6.72 Å². The van der Waals surface area contributed by atoms with Gasteiger partial charge in [0.2, 0.25) is 0 Å². The van der Waals surface area contributed by atoms with Gasteiger partial charge in [0.25, 0.3) is 0 Å². The van der Waals surface area contributed by atoms with E-state index in [0.717, 1.165) is 22.3 Å². The third-order valence-electron chi connectivity index (χ3n) is 3.08. The number of hydrogen-bond acceptors (Lipinski definition) is 4. The second kappa shape index (κ2) is 8.15. The molecule has 0 aliphatic heterocycles. The molecule has 1 unspecified atom stereocenters. The lowest BCUT2D eigenvalue weighted by atomic mass is 10.0. The highest BCUT2D eigenvalue weighted by molar-refractivity contribution is 8.07. The maximum atomic E-state index is 9.99. The Morgan fingerprint density at radius 1 is 1.04 bits per heavy atom. The summed E-state index contributed by atoms with van der Waals surface area (Å²) in [7, 11) is 0. The lowest BCUT2D eigenvalue weighted by molar-refractivity contribution is 0.157. The third kappa shape index (κ3) is 5.81. The second-order valence-corrected chi connectivity index (χ2v) is 8.25. The molecular weight excluding hydrogens is 331 g/mol. The van der Waals surface area contributed by atoms with Crippen molar-refractivity contribution >= 4 is 18.5 Å². The van der Waals surface area contributed by atoms with Crippen molar-refractivity contribution in [1.82, 2.24) is 0 Å². The molecule has 124 valence electrons. The maximum absolute atomic E-state index is 9.99. The van der Waals surface area contributed by atoms with E-state index in [0.29, 0.717) is 0 Å². The molecule has 0 heterocycles. The Morgan fingerprint density at radius 3 is 2.30 bits per heavy atom. The predicted octanol–water partition coefficient (Wildman–Crippen LogP) is 4.00. The van der Waals surface area contributed by atoms with Crippen LogP contribution in [0.3, 0.4) is 0 Å². The van der Waals surface area contributed by atoms with Gasteiger partial charge >= 0.3 is 6.72 Å². The van der Waals surface area contributed by atoms with Crippen molar-refractivity contribution in [2.45, 2.75) is 33.2 Å². The van der Waals surface area contributed by atoms with Gasteiger partial charge in [0.15, 0.2) is 0 Å². The quantitative estimate of drug-likeness (QED) is 0.738. The Morgan fingerprint density at radius 2 is 1.70 bits per heavy atom. The van der Waals surface area contributed by atoms with Crippen LogP contribution in [-0.2, 0) is 34.1 Å². The van der Waals surface area contributed by atoms with Gasteiger partial charge in [0.05, 0.1) is 19.3 Å². The summed E-state index contributed by atoms with van der Waals surface area (Å²) in [5, 5.41) is 9.45. The Labute approximate surface area is 142 Å². The predicted molar refractivity (Wildman–Crippen MR) is 95.3 cm³/mol. The summed E-state index contributed by atoms with van der Waals surface area (Å²) in [6, 6.07) is 15.6. The van der Waals surface area contributed by atoms with E-state index in [1.54, 1.807) is 13.8 Å². The number of aliphatic hydroxyl groups is 1. The average molecular weight is 352 g/mol. The van der Waals surface area contributed by atoms with Crippen molar-refractivity contribution < 1.29 is 19.0 Å². The Bertz CT molecular complexity index is 688. The van der Waals surface area contributed by atoms with Crippen molar-refractivity contribution in [3.63, 3.8) is 0 Å². The van der Waals surface area contributed by atoms with Crippen molar-refractivity contribution in [3.8, 4) is 11.1 Å². The van der Waals surface area contributed by atoms with Gasteiger partial charge in [-0.25, -0.2) is 0 Å². The van der Waals surface area contributed by atoms with E-state index in [4.69, 9.17) is 20.9 Å². The highest BCUT2D eigenvalue weighted by atomic mass is 32.5. The lowest BCUT2D eigenvalue weighted by Gasteiger charge is -2.18. The van der Waals surface area contributed by atoms with E-state index in [1.165, 1.54) is 0 Å². The van der Waals surface area contributed by atoms with Gasteiger partial charge in [-0.1, -0.05) is 36.4 Å². The highest BCUT2D eigenvalue weighted by Gasteiger charge is 2.17. The first-order valence-electron chi connectivity index (χ1n) is 7.34. The Hall–Kier alpha value is -1.07. The molecule has 1 atom stereocenters. The van der Waals surface area contributed by atoms with E-state index >= 15 is 0 Å². The zero-order valence-electron chi connectivity index (χ0n) is 13.2. The summed E-state index contributed by atoms with van der Waals surface area (Å²) in [5.41, 5.74) is 3.63. The number of aliphatic hydroxyl groups excluding tert-OH is 1. The average Bonchev–Trinajstić information content (AvgIpc) is 2.52. The van der Waals surface area contributed by atoms with Crippen LogP contribution in [0, 0.1) is 0 Å². The molecule has 0 spiro atoms. The minimum atomic E-state index is -3.25. The molecule has 4 nitrogen and oxygen atoms in total. The zero-order valence-corrected chi connectivity index (χ0v) is 14.9. The molecule has 6 heteroatoms. The van der Waals surface area contributed by atoms with Crippen LogP contribution in [0.25, 0.3) is 11.1 Å². The zero-order chi connectivity index (χ0) is 16.9. The molecular formula is C17H21O4PS. The molecule has 2 rings (SSSR count). The van der Waals surface area contributed by atoms with Crippen LogP contribution < -0.4 is 0 Å². The molecule has 0 saturated carbocycles. The van der Waals surface area contributed by atoms with Crippen molar-refractivity contribution in [1.29, 1.82) is 0 Å². The van der Waals surface area contributed by atoms with Gasteiger partial charge in [0.1, 0.15) is 0 Å². The first kappa shape index (κ1) is 18.3. The Balaban J connectivity index is 2.21. The molecule has 0 radical (unpaired) electrons. The van der Waals surface area contributed by atoms with Gasteiger partial charge in [0, 0.05) is 0 Å². The fraction of sp³-hybridized carbons (Fsp3) is 0.294. The van der Waals surface area contributed by atoms with Crippen molar-refractivity contribution in [3.05, 3.63) is 59.7 Å². The third-order valence-corrected chi connectivity index (χ3v) is 4.80. The van der Waals surface area contributed by atoms with Crippen LogP contribution in [0.1, 0.15) is 25.0 Å². The standard InChI is InChI=1S/C17H21O4PS/c1-13(2)21-22(19,23)20-12-15-8-14(11-18)9-17(10-15)16-6-4-3-5-7-16/h3-10,13,18H,11-12H2,1-2H3,(H,19,23). The summed E-state index contributed by atoms with van der Waals surface area (Å²) in [5.74, 6) is 0. The van der Waals surface area contributed by atoms with Gasteiger partial charge in [-0.3, -0.25) is 0 Å². The largest absolute Gasteiger partial charge is 0.392 e. The minimum absolute atomic E-state index is 0.0660. The Kier molecular flexibility index (Phi) is 6.48. The smallest absolute Gasteiger partial charge is 0.325 e. The van der Waals surface area contributed by atoms with Crippen molar-refractivity contribution in [2.24, 2.45) is 0 Å². The SMILES string of the molecule is CC(C)OP(O)(=S)OCc1cc(CO)cc(-c2ccccc2)c1. The van der Waals surface area contributed by atoms with E-state index in [1.807, 2.05) is 48.5 Å². The summed E-state index contributed by atoms with van der Waals surface area (Å²) < 4.78 is 10.6. The summed E-state index contributed by atoms with van der Waals surface area (Å²) in [4.78, 5) is 9.99. The van der Waals surface area contributed by atoms with E-state index < -0.39 is 6.72 Å². The van der Waals surface area contributed by atoms with E-state index in [-0.39, 0.29) is 19.3 Å². The minimum Gasteiger partial charge on any atom is -0.392 e. The fourth-order valence-electron chi connectivity index (χ4n) is 2.19. The molecule has 0 bridgehead atoms. The molecule has 0 saturated heterocycles. The number of hydrogen-bond donors (Lipinski definition) is 2. The number of benzene rings is 2. The van der Waals surface area contributed by atoms with E-state index in [9.17, 15) is 10.00 Å². The molecule has 0 fully saturated rings.